The Morgan fingerprint density at radius 3 is 1.71 bits per heavy atom. The summed E-state index contributed by atoms with van der Waals surface area (Å²) < 4.78 is 27.9. The van der Waals surface area contributed by atoms with Crippen LogP contribution in [-0.2, 0) is 31.9 Å². The first kappa shape index (κ1) is 34.4. The van der Waals surface area contributed by atoms with Gasteiger partial charge in [0.05, 0.1) is 23.5 Å². The molecule has 0 aromatic heterocycles. The Morgan fingerprint density at radius 1 is 0.738 bits per heavy atom. The molecule has 0 unspecified atom stereocenters. The van der Waals surface area contributed by atoms with Gasteiger partial charge in [0.2, 0.25) is 13.6 Å². The predicted octanol–water partition coefficient (Wildman–Crippen LogP) is 7.35. The van der Waals surface area contributed by atoms with Crippen molar-refractivity contribution in [2.75, 3.05) is 20.7 Å². The molecule has 0 aliphatic heterocycles. The molecule has 8 heteroatoms. The van der Waals surface area contributed by atoms with Crippen LogP contribution in [0.25, 0.3) is 6.08 Å². The fraction of sp³-hybridized carbons (Fsp3) is 0.500. The van der Waals surface area contributed by atoms with Gasteiger partial charge in [0.15, 0.2) is 5.78 Å². The molecule has 0 aliphatic rings. The summed E-state index contributed by atoms with van der Waals surface area (Å²) in [5.41, 5.74) is 1.75. The molecule has 0 saturated heterocycles. The van der Waals surface area contributed by atoms with Crippen LogP contribution in [0.15, 0.2) is 36.4 Å². The third-order valence-corrected chi connectivity index (χ3v) is 6.24. The van der Waals surface area contributed by atoms with Crippen LogP contribution < -0.4 is 14.2 Å². The number of rotatable bonds is 14. The van der Waals surface area contributed by atoms with Crippen molar-refractivity contribution in [3.05, 3.63) is 58.7 Å². The van der Waals surface area contributed by atoms with Crippen LogP contribution in [0.3, 0.4) is 0 Å². The van der Waals surface area contributed by atoms with Crippen LogP contribution in [0.5, 0.6) is 17.2 Å². The molecular weight excluding hydrogens is 536 g/mol. The second-order valence-corrected chi connectivity index (χ2v) is 12.1. The lowest BCUT2D eigenvalue weighted by molar-refractivity contribution is -0.160. The maximum Gasteiger partial charge on any atom is 0.314 e. The summed E-state index contributed by atoms with van der Waals surface area (Å²) in [4.78, 5) is 37.4. The minimum absolute atomic E-state index is 0.217. The van der Waals surface area contributed by atoms with Gasteiger partial charge in [-0.1, -0.05) is 26.7 Å². The van der Waals surface area contributed by atoms with Crippen LogP contribution in [0.4, 0.5) is 0 Å². The van der Waals surface area contributed by atoms with E-state index >= 15 is 0 Å². The quantitative estimate of drug-likeness (QED) is 0.0987. The van der Waals surface area contributed by atoms with Gasteiger partial charge in [-0.25, -0.2) is 0 Å². The van der Waals surface area contributed by atoms with Gasteiger partial charge in [-0.3, -0.25) is 14.4 Å². The summed E-state index contributed by atoms with van der Waals surface area (Å²) in [5.74, 6) is 0.637. The molecule has 0 N–H and O–H groups in total. The summed E-state index contributed by atoms with van der Waals surface area (Å²) in [6, 6.07) is 8.65. The van der Waals surface area contributed by atoms with E-state index in [-0.39, 0.29) is 31.3 Å². The van der Waals surface area contributed by atoms with Crippen molar-refractivity contribution in [1.82, 2.24) is 0 Å². The average Bonchev–Trinajstić information content (AvgIpc) is 2.92. The molecule has 0 amide bonds. The standard InChI is InChI=1S/C34H46O8/c1-10-12-24-20-25(13-11-2)30(40-22-42-32(37)34(6,7)8)27(29(24)38-9)18-19-28(35)23-14-16-26(17-15-23)39-21-41-31(36)33(3,4)5/h14-20H,10-13,21-22H2,1-9H3/b19-18+. The summed E-state index contributed by atoms with van der Waals surface area (Å²) in [7, 11) is 1.59. The normalized spacial score (nSPS) is 11.7. The fourth-order valence-corrected chi connectivity index (χ4v) is 3.96. The van der Waals surface area contributed by atoms with Crippen LogP contribution in [0, 0.1) is 10.8 Å². The highest BCUT2D eigenvalue weighted by molar-refractivity contribution is 6.07. The molecule has 8 nitrogen and oxygen atoms in total. The number of esters is 2. The zero-order valence-corrected chi connectivity index (χ0v) is 26.6. The number of hydrogen-bond acceptors (Lipinski definition) is 8. The molecule has 230 valence electrons. The number of benzene rings is 2. The van der Waals surface area contributed by atoms with Crippen molar-refractivity contribution in [2.45, 2.75) is 81.1 Å². The van der Waals surface area contributed by atoms with Crippen molar-refractivity contribution in [3.8, 4) is 17.2 Å². The average molecular weight is 583 g/mol. The minimum atomic E-state index is -0.662. The van der Waals surface area contributed by atoms with E-state index in [0.29, 0.717) is 28.4 Å². The van der Waals surface area contributed by atoms with Gasteiger partial charge in [-0.15, -0.1) is 0 Å². The third kappa shape index (κ3) is 9.93. The zero-order valence-electron chi connectivity index (χ0n) is 26.6. The van der Waals surface area contributed by atoms with E-state index < -0.39 is 10.8 Å². The molecule has 2 rings (SSSR count). The van der Waals surface area contributed by atoms with E-state index in [1.165, 1.54) is 6.08 Å². The molecule has 0 atom stereocenters. The molecule has 0 bridgehead atoms. The van der Waals surface area contributed by atoms with E-state index in [2.05, 4.69) is 19.9 Å². The Hall–Kier alpha value is -3.81. The van der Waals surface area contributed by atoms with Crippen molar-refractivity contribution < 1.29 is 38.1 Å². The van der Waals surface area contributed by atoms with Crippen molar-refractivity contribution >= 4 is 23.8 Å². The summed E-state index contributed by atoms with van der Waals surface area (Å²) >= 11 is 0. The number of allylic oxidation sites excluding steroid dienone is 1. The first-order valence-electron chi connectivity index (χ1n) is 14.4. The topological polar surface area (TPSA) is 97.4 Å². The van der Waals surface area contributed by atoms with E-state index in [1.54, 1.807) is 79.0 Å². The number of hydrogen-bond donors (Lipinski definition) is 0. The lowest BCUT2D eigenvalue weighted by Gasteiger charge is -2.21. The highest BCUT2D eigenvalue weighted by Crippen LogP contribution is 2.39. The lowest BCUT2D eigenvalue weighted by atomic mass is 9.96. The Kier molecular flexibility index (Phi) is 12.6. The van der Waals surface area contributed by atoms with Crippen LogP contribution >= 0.6 is 0 Å². The van der Waals surface area contributed by atoms with Gasteiger partial charge >= 0.3 is 11.9 Å². The molecule has 0 saturated carbocycles. The largest absolute Gasteiger partial charge is 0.496 e. The molecule has 42 heavy (non-hydrogen) atoms. The van der Waals surface area contributed by atoms with Gasteiger partial charge in [0.1, 0.15) is 17.2 Å². The third-order valence-electron chi connectivity index (χ3n) is 6.24. The monoisotopic (exact) mass is 582 g/mol. The van der Waals surface area contributed by atoms with E-state index in [4.69, 9.17) is 23.7 Å². The Balaban J connectivity index is 2.33. The van der Waals surface area contributed by atoms with Gasteiger partial charge in [-0.2, -0.15) is 0 Å². The van der Waals surface area contributed by atoms with Gasteiger partial charge in [-0.05, 0) is 108 Å². The molecule has 0 heterocycles. The molecule has 2 aromatic carbocycles. The number of methoxy groups -OCH3 is 1. The predicted molar refractivity (Wildman–Crippen MR) is 163 cm³/mol. The van der Waals surface area contributed by atoms with Gasteiger partial charge in [0, 0.05) is 5.56 Å². The minimum Gasteiger partial charge on any atom is -0.496 e. The fourth-order valence-electron chi connectivity index (χ4n) is 3.96. The van der Waals surface area contributed by atoms with Crippen LogP contribution in [-0.4, -0.2) is 38.4 Å². The number of ether oxygens (including phenoxy) is 5. The molecule has 0 spiro atoms. The molecule has 2 aromatic rings. The Labute approximate surface area is 250 Å². The highest BCUT2D eigenvalue weighted by Gasteiger charge is 2.25. The van der Waals surface area contributed by atoms with Crippen LogP contribution in [0.2, 0.25) is 0 Å². The van der Waals surface area contributed by atoms with Gasteiger partial charge < -0.3 is 23.7 Å². The maximum absolute atomic E-state index is 13.1. The number of aryl methyl sites for hydroxylation is 2. The summed E-state index contributed by atoms with van der Waals surface area (Å²) in [5, 5.41) is 0. The summed E-state index contributed by atoms with van der Waals surface area (Å²) in [6.45, 7) is 14.3. The number of carbonyl (C=O) groups is 3. The molecule has 0 fully saturated rings. The zero-order chi connectivity index (χ0) is 31.5. The van der Waals surface area contributed by atoms with Crippen molar-refractivity contribution in [3.63, 3.8) is 0 Å². The van der Waals surface area contributed by atoms with E-state index in [1.807, 2.05) is 0 Å². The SMILES string of the molecule is CCCc1cc(CCC)c(OCOC(=O)C(C)(C)C)c(/C=C/C(=O)c2ccc(OCOC(=O)C(C)(C)C)cc2)c1OC. The smallest absolute Gasteiger partial charge is 0.314 e. The van der Waals surface area contributed by atoms with E-state index in [0.717, 1.165) is 36.8 Å². The summed E-state index contributed by atoms with van der Waals surface area (Å²) in [6.07, 6.45) is 6.49. The molecular formula is C34H46O8. The molecule has 0 aliphatic carbocycles. The second-order valence-electron chi connectivity index (χ2n) is 12.1. The first-order chi connectivity index (χ1) is 19.7. The molecule has 0 radical (unpaired) electrons. The first-order valence-corrected chi connectivity index (χ1v) is 14.4. The number of carbonyl (C=O) groups excluding carboxylic acids is 3. The van der Waals surface area contributed by atoms with Crippen molar-refractivity contribution in [1.29, 1.82) is 0 Å². The highest BCUT2D eigenvalue weighted by atomic mass is 16.7. The van der Waals surface area contributed by atoms with Crippen molar-refractivity contribution in [2.24, 2.45) is 10.8 Å². The Bertz CT molecular complexity index is 1240. The maximum atomic E-state index is 13.1. The van der Waals surface area contributed by atoms with Gasteiger partial charge in [0.25, 0.3) is 0 Å². The van der Waals surface area contributed by atoms with Crippen LogP contribution in [0.1, 0.15) is 95.3 Å². The number of ketones is 1. The lowest BCUT2D eigenvalue weighted by Crippen LogP contribution is -2.25. The van der Waals surface area contributed by atoms with E-state index in [9.17, 15) is 14.4 Å². The Morgan fingerprint density at radius 2 is 1.24 bits per heavy atom. The second kappa shape index (κ2) is 15.4.